The molecule has 0 radical (unpaired) electrons. The van der Waals surface area contributed by atoms with Crippen LogP contribution < -0.4 is 11.1 Å². The van der Waals surface area contributed by atoms with Crippen molar-refractivity contribution < 1.29 is 4.79 Å². The number of aryl methyl sites for hydroxylation is 1. The van der Waals surface area contributed by atoms with Gasteiger partial charge in [0.2, 0.25) is 5.91 Å². The van der Waals surface area contributed by atoms with Crippen LogP contribution in [-0.4, -0.2) is 16.9 Å². The lowest BCUT2D eigenvalue weighted by Gasteiger charge is -2.15. The maximum absolute atomic E-state index is 11.7. The topological polar surface area (TPSA) is 68.0 Å². The molecule has 100 valence electrons. The van der Waals surface area contributed by atoms with Crippen LogP contribution in [0.4, 0.5) is 5.13 Å². The first-order valence-electron chi connectivity index (χ1n) is 6.24. The Kier molecular flexibility index (Phi) is 4.25. The molecule has 0 aliphatic heterocycles. The molecule has 18 heavy (non-hydrogen) atoms. The smallest absolute Gasteiger partial charge is 0.226 e. The van der Waals surface area contributed by atoms with Gasteiger partial charge < -0.3 is 11.1 Å². The number of aromatic nitrogens is 1. The number of fused-ring (bicyclic) bond motifs is 1. The Labute approximate surface area is 117 Å². The van der Waals surface area contributed by atoms with Gasteiger partial charge in [-0.1, -0.05) is 0 Å². The first-order valence-corrected chi connectivity index (χ1v) is 7.06. The molecule has 1 heterocycles. The van der Waals surface area contributed by atoms with Gasteiger partial charge in [-0.15, -0.1) is 23.7 Å². The van der Waals surface area contributed by atoms with E-state index in [0.29, 0.717) is 12.3 Å². The number of hydrogen-bond donors (Lipinski definition) is 2. The van der Waals surface area contributed by atoms with E-state index < -0.39 is 0 Å². The standard InChI is InChI=1S/C12H17N3OS.ClH/c13-8-3-4-9-10(6-8)17-12(14-9)15-11(16)5-7-1-2-7;/h7-8H,1-6,13H2,(H,14,15,16);1H/t8-;/m0./s1. The fraction of sp³-hybridized carbons (Fsp3) is 0.667. The quantitative estimate of drug-likeness (QED) is 0.895. The van der Waals surface area contributed by atoms with Crippen molar-refractivity contribution in [2.45, 2.75) is 44.6 Å². The number of carbonyl (C=O) groups is 1. The molecule has 1 fully saturated rings. The van der Waals surface area contributed by atoms with E-state index in [-0.39, 0.29) is 24.4 Å². The summed E-state index contributed by atoms with van der Waals surface area (Å²) in [5.41, 5.74) is 7.06. The zero-order valence-corrected chi connectivity index (χ0v) is 11.8. The minimum Gasteiger partial charge on any atom is -0.327 e. The van der Waals surface area contributed by atoms with Gasteiger partial charge in [0.25, 0.3) is 0 Å². The van der Waals surface area contributed by atoms with Crippen molar-refractivity contribution in [1.29, 1.82) is 0 Å². The second-order valence-corrected chi connectivity index (χ2v) is 6.17. The average Bonchev–Trinajstić information content (AvgIpc) is 2.97. The van der Waals surface area contributed by atoms with Gasteiger partial charge in [0.1, 0.15) is 0 Å². The summed E-state index contributed by atoms with van der Waals surface area (Å²) in [4.78, 5) is 17.4. The second kappa shape index (κ2) is 5.55. The summed E-state index contributed by atoms with van der Waals surface area (Å²) >= 11 is 1.59. The summed E-state index contributed by atoms with van der Waals surface area (Å²) in [6.45, 7) is 0. The molecule has 1 atom stereocenters. The van der Waals surface area contributed by atoms with Gasteiger partial charge in [-0.25, -0.2) is 4.98 Å². The van der Waals surface area contributed by atoms with Crippen molar-refractivity contribution in [3.8, 4) is 0 Å². The van der Waals surface area contributed by atoms with E-state index in [1.54, 1.807) is 11.3 Å². The normalized spacial score (nSPS) is 21.9. The van der Waals surface area contributed by atoms with E-state index in [1.165, 1.54) is 17.7 Å². The van der Waals surface area contributed by atoms with Crippen molar-refractivity contribution in [2.75, 3.05) is 5.32 Å². The molecule has 2 aliphatic carbocycles. The summed E-state index contributed by atoms with van der Waals surface area (Å²) in [6.07, 6.45) is 5.93. The third-order valence-corrected chi connectivity index (χ3v) is 4.43. The molecule has 0 aromatic carbocycles. The average molecular weight is 288 g/mol. The second-order valence-electron chi connectivity index (χ2n) is 5.09. The van der Waals surface area contributed by atoms with Gasteiger partial charge in [-0.05, 0) is 38.0 Å². The van der Waals surface area contributed by atoms with Crippen molar-refractivity contribution in [3.05, 3.63) is 10.6 Å². The SMILES string of the molecule is Cl.N[C@H]1CCc2nc(NC(=O)CC3CC3)sc2C1. The van der Waals surface area contributed by atoms with Crippen LogP contribution in [0.2, 0.25) is 0 Å². The van der Waals surface area contributed by atoms with Gasteiger partial charge in [-0.3, -0.25) is 4.79 Å². The zero-order chi connectivity index (χ0) is 11.8. The summed E-state index contributed by atoms with van der Waals surface area (Å²) < 4.78 is 0. The van der Waals surface area contributed by atoms with Crippen LogP contribution in [-0.2, 0) is 17.6 Å². The van der Waals surface area contributed by atoms with Gasteiger partial charge in [-0.2, -0.15) is 0 Å². The van der Waals surface area contributed by atoms with Crippen molar-refractivity contribution in [1.82, 2.24) is 4.98 Å². The van der Waals surface area contributed by atoms with Crippen LogP contribution in [0.15, 0.2) is 0 Å². The maximum atomic E-state index is 11.7. The number of nitrogens with zero attached hydrogens (tertiary/aromatic N) is 1. The molecule has 6 heteroatoms. The summed E-state index contributed by atoms with van der Waals surface area (Å²) in [5, 5.41) is 3.67. The summed E-state index contributed by atoms with van der Waals surface area (Å²) in [7, 11) is 0. The van der Waals surface area contributed by atoms with Crippen LogP contribution in [0.5, 0.6) is 0 Å². The molecule has 4 nitrogen and oxygen atoms in total. The lowest BCUT2D eigenvalue weighted by Crippen LogP contribution is -2.27. The third-order valence-electron chi connectivity index (χ3n) is 3.40. The van der Waals surface area contributed by atoms with E-state index in [4.69, 9.17) is 5.73 Å². The highest BCUT2D eigenvalue weighted by Gasteiger charge is 2.25. The van der Waals surface area contributed by atoms with Crippen LogP contribution in [0.25, 0.3) is 0 Å². The molecule has 0 saturated heterocycles. The molecule has 1 saturated carbocycles. The molecule has 1 amide bonds. The molecule has 1 aromatic heterocycles. The van der Waals surface area contributed by atoms with E-state index in [0.717, 1.165) is 30.1 Å². The first-order chi connectivity index (χ1) is 8.20. The third kappa shape index (κ3) is 3.22. The van der Waals surface area contributed by atoms with Crippen molar-refractivity contribution >= 4 is 34.8 Å². The number of hydrogen-bond acceptors (Lipinski definition) is 4. The fourth-order valence-electron chi connectivity index (χ4n) is 2.21. The van der Waals surface area contributed by atoms with Crippen LogP contribution in [0.1, 0.15) is 36.3 Å². The molecule has 0 spiro atoms. The zero-order valence-electron chi connectivity index (χ0n) is 10.1. The Balaban J connectivity index is 0.00000120. The van der Waals surface area contributed by atoms with Gasteiger partial charge >= 0.3 is 0 Å². The minimum absolute atomic E-state index is 0. The van der Waals surface area contributed by atoms with Gasteiger partial charge in [0.15, 0.2) is 5.13 Å². The number of anilines is 1. The Hall–Kier alpha value is -0.650. The summed E-state index contributed by atoms with van der Waals surface area (Å²) in [6, 6.07) is 0.262. The molecule has 2 aliphatic rings. The highest BCUT2D eigenvalue weighted by Crippen LogP contribution is 2.33. The monoisotopic (exact) mass is 287 g/mol. The van der Waals surface area contributed by atoms with Crippen LogP contribution in [0, 0.1) is 5.92 Å². The lowest BCUT2D eigenvalue weighted by atomic mass is 9.99. The Morgan fingerprint density at radius 1 is 1.44 bits per heavy atom. The van der Waals surface area contributed by atoms with Crippen LogP contribution >= 0.6 is 23.7 Å². The highest BCUT2D eigenvalue weighted by molar-refractivity contribution is 7.15. The van der Waals surface area contributed by atoms with E-state index in [2.05, 4.69) is 10.3 Å². The molecule has 1 aromatic rings. The lowest BCUT2D eigenvalue weighted by molar-refractivity contribution is -0.116. The molecule has 0 unspecified atom stereocenters. The Morgan fingerprint density at radius 3 is 2.94 bits per heavy atom. The summed E-state index contributed by atoms with van der Waals surface area (Å²) in [5.74, 6) is 0.737. The number of nitrogens with one attached hydrogen (secondary N) is 1. The van der Waals surface area contributed by atoms with E-state index in [9.17, 15) is 4.79 Å². The number of halogens is 1. The first kappa shape index (κ1) is 13.8. The van der Waals surface area contributed by atoms with Gasteiger partial charge in [0.05, 0.1) is 5.69 Å². The van der Waals surface area contributed by atoms with Gasteiger partial charge in [0, 0.05) is 17.3 Å². The minimum atomic E-state index is 0. The molecular formula is C12H18ClN3OS. The van der Waals surface area contributed by atoms with Crippen molar-refractivity contribution in [3.63, 3.8) is 0 Å². The Bertz CT molecular complexity index is 445. The van der Waals surface area contributed by atoms with E-state index in [1.807, 2.05) is 0 Å². The number of amides is 1. The number of thiazole rings is 1. The highest BCUT2D eigenvalue weighted by atomic mass is 35.5. The van der Waals surface area contributed by atoms with E-state index >= 15 is 0 Å². The largest absolute Gasteiger partial charge is 0.327 e. The predicted octanol–water partition coefficient (Wildman–Crippen LogP) is 2.12. The van der Waals surface area contributed by atoms with Crippen molar-refractivity contribution in [2.24, 2.45) is 11.7 Å². The number of nitrogens with two attached hydrogens (primary N) is 1. The number of rotatable bonds is 3. The molecular weight excluding hydrogens is 270 g/mol. The fourth-order valence-corrected chi connectivity index (χ4v) is 3.33. The maximum Gasteiger partial charge on any atom is 0.226 e. The van der Waals surface area contributed by atoms with Crippen LogP contribution in [0.3, 0.4) is 0 Å². The molecule has 3 rings (SSSR count). The predicted molar refractivity (Wildman–Crippen MR) is 75.3 cm³/mol. The Morgan fingerprint density at radius 2 is 2.22 bits per heavy atom. The molecule has 0 bridgehead atoms. The number of carbonyl (C=O) groups excluding carboxylic acids is 1. The molecule has 3 N–H and O–H groups in total.